The number of fused-ring (bicyclic) bond motifs is 6. The van der Waals surface area contributed by atoms with E-state index in [-0.39, 0.29) is 126 Å². The summed E-state index contributed by atoms with van der Waals surface area (Å²) < 4.78 is 42.2. The number of phenolic OH excluding ortho intramolecular Hbond substituents is 2. The topological polar surface area (TPSA) is 335 Å². The molecule has 7 N–H and O–H groups in total. The Kier molecular flexibility index (Phi) is 19.9. The zero-order chi connectivity index (χ0) is 64.5. The fraction of sp³-hybridized carbons (Fsp3) is 0.547. The maximum atomic E-state index is 14.7. The van der Waals surface area contributed by atoms with Crippen LogP contribution in [0.1, 0.15) is 129 Å². The largest absolute Gasteiger partial charge is 0.507 e. The van der Waals surface area contributed by atoms with Gasteiger partial charge in [-0.25, -0.2) is 4.79 Å². The van der Waals surface area contributed by atoms with Crippen LogP contribution in [0.3, 0.4) is 0 Å². The number of imide groups is 1. The van der Waals surface area contributed by atoms with Crippen molar-refractivity contribution in [2.24, 2.45) is 5.92 Å². The number of aromatic hydroxyl groups is 2. The fourth-order valence-electron chi connectivity index (χ4n) is 13.3. The summed E-state index contributed by atoms with van der Waals surface area (Å²) in [6.07, 6.45) is -0.306. The number of rotatable bonds is 22. The average molecular weight is 1250 g/mol. The summed E-state index contributed by atoms with van der Waals surface area (Å²) in [5.41, 5.74) is -1.82. The molecule has 2 aliphatic carbocycles. The Morgan fingerprint density at radius 2 is 1.60 bits per heavy atom. The first-order valence-corrected chi connectivity index (χ1v) is 30.7. The van der Waals surface area contributed by atoms with Crippen LogP contribution in [0.4, 0.5) is 10.5 Å². The number of nitrogens with one attached hydrogen (secondary N) is 4. The van der Waals surface area contributed by atoms with Crippen molar-refractivity contribution >= 4 is 58.6 Å². The number of carbonyl (C=O) groups is 8. The molecule has 26 nitrogen and oxygen atoms in total. The Balaban J connectivity index is 0.719. The molecule has 6 amide bonds. The highest BCUT2D eigenvalue weighted by atomic mass is 16.7. The molecule has 10 rings (SSSR count). The summed E-state index contributed by atoms with van der Waals surface area (Å²) in [4.78, 5) is 112. The van der Waals surface area contributed by atoms with Gasteiger partial charge in [0.1, 0.15) is 47.6 Å². The monoisotopic (exact) mass is 1250 g/mol. The molecule has 3 aromatic rings. The predicted molar refractivity (Wildman–Crippen MR) is 320 cm³/mol. The third-order valence-electron chi connectivity index (χ3n) is 18.3. The van der Waals surface area contributed by atoms with Gasteiger partial charge in [-0.05, 0) is 69.2 Å². The van der Waals surface area contributed by atoms with E-state index in [0.29, 0.717) is 69.6 Å². The van der Waals surface area contributed by atoms with Crippen molar-refractivity contribution in [2.45, 2.75) is 159 Å². The van der Waals surface area contributed by atoms with Crippen LogP contribution in [-0.2, 0) is 70.2 Å². The molecule has 4 fully saturated rings. The molecule has 10 atom stereocenters. The van der Waals surface area contributed by atoms with Crippen molar-refractivity contribution in [1.29, 1.82) is 5.41 Å². The number of morpholine rings is 1. The van der Waals surface area contributed by atoms with Gasteiger partial charge in [0.15, 0.2) is 30.4 Å². The number of Topliss-reactive ketones (excluding diaryl/α,β-unsaturated/α-hetero) is 1. The van der Waals surface area contributed by atoms with E-state index in [1.165, 1.54) is 37.2 Å². The van der Waals surface area contributed by atoms with Gasteiger partial charge in [-0.3, -0.25) is 53.7 Å². The van der Waals surface area contributed by atoms with Gasteiger partial charge in [0, 0.05) is 113 Å². The van der Waals surface area contributed by atoms with E-state index < -0.39 is 96.1 Å². The molecule has 0 saturated carbocycles. The number of benzene rings is 3. The van der Waals surface area contributed by atoms with Gasteiger partial charge in [-0.1, -0.05) is 44.5 Å². The number of hydrogen-bond donors (Lipinski definition) is 7. The summed E-state index contributed by atoms with van der Waals surface area (Å²) >= 11 is 0. The molecule has 3 aromatic carbocycles. The molecule has 90 heavy (non-hydrogen) atoms. The number of ether oxygens (including phenoxy) is 7. The molecule has 0 bridgehead atoms. The molecule has 4 saturated heterocycles. The lowest BCUT2D eigenvalue weighted by atomic mass is 9.71. The van der Waals surface area contributed by atoms with E-state index in [4.69, 9.17) is 33.2 Å². The van der Waals surface area contributed by atoms with Crippen molar-refractivity contribution in [1.82, 2.24) is 30.2 Å². The van der Waals surface area contributed by atoms with Crippen LogP contribution >= 0.6 is 0 Å². The maximum Gasteiger partial charge on any atom is 0.410 e. The van der Waals surface area contributed by atoms with Gasteiger partial charge in [0.05, 0.1) is 54.9 Å². The van der Waals surface area contributed by atoms with E-state index in [2.05, 4.69) is 20.9 Å². The van der Waals surface area contributed by atoms with E-state index in [9.17, 15) is 59.1 Å². The molecule has 0 aromatic heterocycles. The Bertz CT molecular complexity index is 3310. The van der Waals surface area contributed by atoms with Crippen molar-refractivity contribution in [3.05, 3.63) is 93.6 Å². The summed E-state index contributed by atoms with van der Waals surface area (Å²) in [5, 5.41) is 54.8. The first-order valence-electron chi connectivity index (χ1n) is 30.7. The normalized spacial score (nSPS) is 25.6. The lowest BCUT2D eigenvalue weighted by Gasteiger charge is -2.44. The number of piperidine rings is 1. The minimum absolute atomic E-state index is 0.0204. The number of hydrogen-bond acceptors (Lipinski definition) is 21. The second kappa shape index (κ2) is 27.4. The minimum atomic E-state index is -2.19. The lowest BCUT2D eigenvalue weighted by Crippen LogP contribution is -2.55. The highest BCUT2D eigenvalue weighted by molar-refractivity contribution is 6.32. The van der Waals surface area contributed by atoms with Gasteiger partial charge in [-0.15, -0.1) is 0 Å². The number of ketones is 2. The van der Waals surface area contributed by atoms with Crippen molar-refractivity contribution in [3.8, 4) is 17.2 Å². The number of anilines is 1. The third kappa shape index (κ3) is 13.4. The quantitative estimate of drug-likeness (QED) is 0.0335. The van der Waals surface area contributed by atoms with Crippen LogP contribution in [-0.4, -0.2) is 209 Å². The number of carbonyl (C=O) groups excluding carboxylic acids is 8. The van der Waals surface area contributed by atoms with E-state index in [1.54, 1.807) is 64.4 Å². The number of amides is 6. The molecule has 0 radical (unpaired) electrons. The number of methoxy groups -OCH3 is 2. The standard InChI is InChI=1S/C64H80N8O18/c1-33(2)54(68-45(74)14-9-8-10-23-72-46(75)19-20-47(72)76)60(81)66-34(3)59(80)67-37-17-15-36(16-18-37)32-87-63(82)69(5)38-21-24-70(25-22-38)31-44(73)64(83)29-40-50(57(79)51-52(56(40)78)55(77)39-12-11-13-42(84-6)49(39)53(51)65)43(30-64)89-48-28-41-58(35(4)88-48)90-61-62(85-7)86-27-26-71(41)61/h11-13,15-20,33-35,38,41,43,48,54,58,61-62,65,78-79,83H,8-10,14,21-32H2,1-7H3,(H,66,81)(H,67,80)(H,68,74)/t34-,35-,41-,43-,48-,54-,58+,61+,62-,64-/m0/s1. The molecule has 7 aliphatic rings. The number of nitrogens with zero attached hydrogens (tertiary/aromatic N) is 4. The molecule has 5 aliphatic heterocycles. The Labute approximate surface area is 520 Å². The second-order valence-electron chi connectivity index (χ2n) is 24.5. The number of phenols is 2. The molecule has 5 heterocycles. The number of unbranched alkanes of at least 4 members (excludes halogenated alkanes) is 2. The van der Waals surface area contributed by atoms with Crippen molar-refractivity contribution in [3.63, 3.8) is 0 Å². The third-order valence-corrected chi connectivity index (χ3v) is 18.3. The van der Waals surface area contributed by atoms with E-state index in [1.807, 2.05) is 11.8 Å². The van der Waals surface area contributed by atoms with Gasteiger partial charge >= 0.3 is 6.09 Å². The summed E-state index contributed by atoms with van der Waals surface area (Å²) in [6.45, 7) is 8.57. The van der Waals surface area contributed by atoms with E-state index in [0.717, 1.165) is 4.90 Å². The van der Waals surface area contributed by atoms with Crippen molar-refractivity contribution < 1.29 is 86.8 Å². The summed E-state index contributed by atoms with van der Waals surface area (Å²) in [7, 11) is 4.57. The van der Waals surface area contributed by atoms with Gasteiger partial charge in [-0.2, -0.15) is 0 Å². The molecule has 26 heteroatoms. The second-order valence-corrected chi connectivity index (χ2v) is 24.5. The molecule has 484 valence electrons. The van der Waals surface area contributed by atoms with E-state index >= 15 is 0 Å². The highest BCUT2D eigenvalue weighted by Gasteiger charge is 2.55. The fourth-order valence-corrected chi connectivity index (χ4v) is 13.3. The van der Waals surface area contributed by atoms with Crippen LogP contribution in [0.2, 0.25) is 0 Å². The first-order chi connectivity index (χ1) is 43.0. The predicted octanol–water partition coefficient (Wildman–Crippen LogP) is 3.71. The Morgan fingerprint density at radius 1 is 0.878 bits per heavy atom. The molecule has 0 spiro atoms. The zero-order valence-electron chi connectivity index (χ0n) is 51.6. The maximum absolute atomic E-state index is 14.7. The van der Waals surface area contributed by atoms with Gasteiger partial charge in [0.25, 0.3) is 11.8 Å². The van der Waals surface area contributed by atoms with Crippen LogP contribution in [0, 0.1) is 11.3 Å². The summed E-state index contributed by atoms with van der Waals surface area (Å²) in [6, 6.07) is 8.96. The van der Waals surface area contributed by atoms with Crippen LogP contribution < -0.4 is 20.7 Å². The first kappa shape index (κ1) is 65.3. The average Bonchev–Trinajstić information content (AvgIpc) is 0.870. The lowest BCUT2D eigenvalue weighted by molar-refractivity contribution is -0.256. The van der Waals surface area contributed by atoms with Crippen LogP contribution in [0.5, 0.6) is 17.2 Å². The molecule has 0 unspecified atom stereocenters. The summed E-state index contributed by atoms with van der Waals surface area (Å²) in [5.74, 6) is -4.53. The number of likely N-dealkylation sites (tertiary alicyclic amines) is 1. The smallest absolute Gasteiger partial charge is 0.410 e. The minimum Gasteiger partial charge on any atom is -0.507 e. The molecular formula is C64H80N8O18. The van der Waals surface area contributed by atoms with Crippen molar-refractivity contribution in [2.75, 3.05) is 65.9 Å². The highest BCUT2D eigenvalue weighted by Crippen LogP contribution is 2.53. The van der Waals surface area contributed by atoms with Gasteiger partial charge < -0.3 is 69.3 Å². The van der Waals surface area contributed by atoms with Gasteiger partial charge in [0.2, 0.25) is 17.7 Å². The number of aliphatic hydroxyl groups is 1. The molecular weight excluding hydrogens is 1170 g/mol. The zero-order valence-corrected chi connectivity index (χ0v) is 51.6. The van der Waals surface area contributed by atoms with Crippen LogP contribution in [0.25, 0.3) is 0 Å². The van der Waals surface area contributed by atoms with Crippen LogP contribution in [0.15, 0.2) is 54.6 Å². The Morgan fingerprint density at radius 3 is 2.29 bits per heavy atom. The SMILES string of the molecule is COc1cccc2c1C(=N)c1c(O)c3c(c(O)c1C2=O)C[C@@](O)(C(=O)CN1CCC(N(C)C(=O)OCc2ccc(NC(=O)[C@H](C)NC(=O)[C@@H](NC(=O)CCCCCN4C(=O)C=CC4=O)C(C)C)cc2)CC1)C[C@@H]3O[C@H]1C[C@H]2[C@H](O[C@@H]3[C@@H](OC)OCCN32)[C@H](C)O1. The Hall–Kier alpha value is -7.69.